The van der Waals surface area contributed by atoms with Crippen LogP contribution >= 0.6 is 0 Å². The standard InChI is InChI=1S/C6H18O3Si3/c7-5-3-1-2-4-6-11-9-12-8-10/h5H,1-4,6,11-12H2,10H3. The Morgan fingerprint density at radius 2 is 2.17 bits per heavy atom. The molecule has 0 aliphatic carbocycles. The molecule has 12 heavy (non-hydrogen) atoms. The van der Waals surface area contributed by atoms with E-state index >= 15 is 0 Å². The predicted octanol–water partition coefficient (Wildman–Crippen LogP) is -1.44. The zero-order valence-corrected chi connectivity index (χ0v) is 12.6. The minimum atomic E-state index is -0.555. The largest absolute Gasteiger partial charge is 0.449 e. The molecular formula is C6H18O3Si3. The van der Waals surface area contributed by atoms with Crippen LogP contribution < -0.4 is 0 Å². The van der Waals surface area contributed by atoms with Gasteiger partial charge >= 0.3 is 0 Å². The van der Waals surface area contributed by atoms with Gasteiger partial charge in [-0.25, -0.2) is 0 Å². The molecule has 0 saturated heterocycles. The van der Waals surface area contributed by atoms with Crippen LogP contribution in [-0.4, -0.2) is 36.5 Å². The molecule has 0 saturated carbocycles. The summed E-state index contributed by atoms with van der Waals surface area (Å²) in [7, 11) is 0.0115. The summed E-state index contributed by atoms with van der Waals surface area (Å²) in [6, 6.07) is 1.25. The van der Waals surface area contributed by atoms with E-state index in [1.54, 1.807) is 0 Å². The first kappa shape index (κ1) is 12.2. The molecule has 72 valence electrons. The minimum absolute atomic E-state index is 0.263. The van der Waals surface area contributed by atoms with Gasteiger partial charge in [-0.15, -0.1) is 0 Å². The third-order valence-corrected chi connectivity index (χ3v) is 5.11. The normalized spacial score (nSPS) is 12.3. The van der Waals surface area contributed by atoms with Gasteiger partial charge in [-0.1, -0.05) is 12.8 Å². The van der Waals surface area contributed by atoms with E-state index in [-0.39, 0.29) is 9.76 Å². The van der Waals surface area contributed by atoms with Crippen LogP contribution in [0, 0.1) is 0 Å². The van der Waals surface area contributed by atoms with Crippen molar-refractivity contribution in [2.45, 2.75) is 31.7 Å². The number of aldehydes is 1. The molecule has 3 nitrogen and oxygen atoms in total. The summed E-state index contributed by atoms with van der Waals surface area (Å²) < 4.78 is 10.4. The van der Waals surface area contributed by atoms with Gasteiger partial charge in [0.25, 0.3) is 10.0 Å². The van der Waals surface area contributed by atoms with Crippen molar-refractivity contribution >= 4 is 36.5 Å². The molecule has 0 N–H and O–H groups in total. The van der Waals surface area contributed by atoms with Crippen LogP contribution in [0.5, 0.6) is 0 Å². The van der Waals surface area contributed by atoms with Gasteiger partial charge in [-0.2, -0.15) is 0 Å². The summed E-state index contributed by atoms with van der Waals surface area (Å²) in [6.07, 6.45) is 5.18. The van der Waals surface area contributed by atoms with Gasteiger partial charge in [-0.05, 0) is 12.5 Å². The Hall–Kier alpha value is 0.241. The quantitative estimate of drug-likeness (QED) is 0.272. The zero-order chi connectivity index (χ0) is 9.07. The van der Waals surface area contributed by atoms with Gasteiger partial charge in [0, 0.05) is 6.42 Å². The van der Waals surface area contributed by atoms with Crippen molar-refractivity contribution in [3.05, 3.63) is 0 Å². The summed E-state index contributed by atoms with van der Waals surface area (Å²) in [4.78, 5) is 9.96. The van der Waals surface area contributed by atoms with Crippen LogP contribution in [0.3, 0.4) is 0 Å². The van der Waals surface area contributed by atoms with Crippen molar-refractivity contribution in [2.24, 2.45) is 0 Å². The number of carbonyl (C=O) groups excluding carboxylic acids is 1. The van der Waals surface area contributed by atoms with Gasteiger partial charge in [0.2, 0.25) is 0 Å². The lowest BCUT2D eigenvalue weighted by molar-refractivity contribution is -0.107. The van der Waals surface area contributed by atoms with Crippen molar-refractivity contribution in [1.82, 2.24) is 0 Å². The number of hydrogen-bond acceptors (Lipinski definition) is 3. The maximum atomic E-state index is 9.96. The van der Waals surface area contributed by atoms with Crippen LogP contribution in [-0.2, 0) is 13.0 Å². The minimum Gasteiger partial charge on any atom is -0.449 e. The second-order valence-electron chi connectivity index (χ2n) is 2.68. The van der Waals surface area contributed by atoms with Crippen molar-refractivity contribution in [1.29, 1.82) is 0 Å². The van der Waals surface area contributed by atoms with Gasteiger partial charge in [0.1, 0.15) is 26.5 Å². The fourth-order valence-electron chi connectivity index (χ4n) is 0.928. The maximum Gasteiger partial charge on any atom is 0.282 e. The molecule has 0 aliphatic rings. The van der Waals surface area contributed by atoms with Crippen LogP contribution in [0.2, 0.25) is 6.04 Å². The Labute approximate surface area is 81.8 Å². The van der Waals surface area contributed by atoms with E-state index in [0.717, 1.165) is 29.6 Å². The van der Waals surface area contributed by atoms with E-state index in [4.69, 9.17) is 8.23 Å². The van der Waals surface area contributed by atoms with E-state index in [2.05, 4.69) is 0 Å². The molecule has 0 bridgehead atoms. The number of carbonyl (C=O) groups is 1. The van der Waals surface area contributed by atoms with Crippen molar-refractivity contribution < 1.29 is 13.0 Å². The molecule has 0 amide bonds. The van der Waals surface area contributed by atoms with Crippen LogP contribution in [0.15, 0.2) is 0 Å². The smallest absolute Gasteiger partial charge is 0.282 e. The highest BCUT2D eigenvalue weighted by atomic mass is 28.3. The summed E-state index contributed by atoms with van der Waals surface area (Å²) in [6.45, 7) is 0. The molecule has 0 spiro atoms. The fraction of sp³-hybridized carbons (Fsp3) is 0.833. The SMILES string of the molecule is O=CCCCCC[SiH2]O[SiH2]O[SiH3]. The van der Waals surface area contributed by atoms with Crippen LogP contribution in [0.4, 0.5) is 0 Å². The second kappa shape index (κ2) is 11.2. The van der Waals surface area contributed by atoms with Gasteiger partial charge in [-0.3, -0.25) is 0 Å². The van der Waals surface area contributed by atoms with E-state index < -0.39 is 10.0 Å². The Morgan fingerprint density at radius 1 is 1.33 bits per heavy atom. The van der Waals surface area contributed by atoms with Crippen LogP contribution in [0.1, 0.15) is 25.7 Å². The third-order valence-electron chi connectivity index (χ3n) is 1.56. The average molecular weight is 222 g/mol. The lowest BCUT2D eigenvalue weighted by Crippen LogP contribution is -2.06. The first-order valence-electron chi connectivity index (χ1n) is 4.42. The fourth-order valence-corrected chi connectivity index (χ4v) is 4.94. The van der Waals surface area contributed by atoms with Crippen molar-refractivity contribution in [3.8, 4) is 0 Å². The first-order chi connectivity index (χ1) is 5.91. The number of rotatable bonds is 9. The van der Waals surface area contributed by atoms with E-state index in [1.807, 2.05) is 0 Å². The summed E-state index contributed by atoms with van der Waals surface area (Å²) in [5.74, 6) is 0. The molecule has 0 aromatic carbocycles. The topological polar surface area (TPSA) is 35.5 Å². The van der Waals surface area contributed by atoms with Crippen molar-refractivity contribution in [2.75, 3.05) is 0 Å². The lowest BCUT2D eigenvalue weighted by Gasteiger charge is -2.01. The Bertz CT molecular complexity index is 102. The monoisotopic (exact) mass is 222 g/mol. The molecule has 0 heterocycles. The maximum absolute atomic E-state index is 9.96. The molecule has 0 aromatic heterocycles. The molecule has 0 aromatic rings. The average Bonchev–Trinajstić information content (AvgIpc) is 2.10. The Morgan fingerprint density at radius 3 is 2.83 bits per heavy atom. The molecule has 0 fully saturated rings. The van der Waals surface area contributed by atoms with E-state index in [9.17, 15) is 4.79 Å². The molecule has 0 aliphatic heterocycles. The number of hydrogen-bond donors (Lipinski definition) is 0. The van der Waals surface area contributed by atoms with E-state index in [0.29, 0.717) is 0 Å². The molecule has 0 atom stereocenters. The molecule has 0 unspecified atom stereocenters. The summed E-state index contributed by atoms with van der Waals surface area (Å²) in [5, 5.41) is 0. The molecule has 6 heteroatoms. The highest BCUT2D eigenvalue weighted by Crippen LogP contribution is 2.01. The first-order valence-corrected chi connectivity index (χ1v) is 7.97. The highest BCUT2D eigenvalue weighted by Gasteiger charge is 1.91. The molecular weight excluding hydrogens is 204 g/mol. The van der Waals surface area contributed by atoms with Gasteiger partial charge in [0.05, 0.1) is 0 Å². The zero-order valence-electron chi connectivity index (χ0n) is 7.75. The molecule has 0 radical (unpaired) electrons. The van der Waals surface area contributed by atoms with Gasteiger partial charge in [0.15, 0.2) is 0 Å². The molecule has 0 rings (SSSR count). The Balaban J connectivity index is 2.77. The lowest BCUT2D eigenvalue weighted by atomic mass is 10.2. The van der Waals surface area contributed by atoms with E-state index in [1.165, 1.54) is 18.9 Å². The summed E-state index contributed by atoms with van der Waals surface area (Å²) in [5.41, 5.74) is 0. The predicted molar refractivity (Wildman–Crippen MR) is 58.5 cm³/mol. The Kier molecular flexibility index (Phi) is 11.5. The number of unbranched alkanes of at least 4 members (excludes halogenated alkanes) is 3. The second-order valence-corrected chi connectivity index (χ2v) is 7.98. The summed E-state index contributed by atoms with van der Waals surface area (Å²) >= 11 is 0. The van der Waals surface area contributed by atoms with Crippen molar-refractivity contribution in [3.63, 3.8) is 0 Å². The van der Waals surface area contributed by atoms with Gasteiger partial charge < -0.3 is 13.0 Å². The van der Waals surface area contributed by atoms with Crippen LogP contribution in [0.25, 0.3) is 0 Å². The highest BCUT2D eigenvalue weighted by molar-refractivity contribution is 6.41. The third kappa shape index (κ3) is 10.2.